The molecule has 1 aromatic rings. The topological polar surface area (TPSA) is 43.8 Å². The molecule has 1 aliphatic rings. The van der Waals surface area contributed by atoms with Gasteiger partial charge in [0.2, 0.25) is 0 Å². The summed E-state index contributed by atoms with van der Waals surface area (Å²) in [6.45, 7) is 7.45. The Balaban J connectivity index is 2.11. The van der Waals surface area contributed by atoms with Crippen LogP contribution in [-0.4, -0.2) is 15.8 Å². The van der Waals surface area contributed by atoms with E-state index >= 15 is 0 Å². The number of aryl methyl sites for hydroxylation is 2. The maximum atomic E-state index is 6.39. The molecule has 2 rings (SSSR count). The molecule has 0 radical (unpaired) electrons. The molecular formula is C16H28BrN3. The molecule has 0 spiro atoms. The highest BCUT2D eigenvalue weighted by atomic mass is 79.9. The van der Waals surface area contributed by atoms with E-state index in [1.165, 1.54) is 42.3 Å². The van der Waals surface area contributed by atoms with Crippen LogP contribution in [0.2, 0.25) is 0 Å². The SMILES string of the molecule is CCCC1CCC(N)C(Cc2c(Br)c(C)nn2CC)C1. The minimum Gasteiger partial charge on any atom is -0.327 e. The molecule has 4 heteroatoms. The molecule has 3 nitrogen and oxygen atoms in total. The molecule has 3 atom stereocenters. The number of nitrogens with zero attached hydrogens (tertiary/aromatic N) is 2. The van der Waals surface area contributed by atoms with Crippen LogP contribution in [0.3, 0.4) is 0 Å². The highest BCUT2D eigenvalue weighted by Gasteiger charge is 2.29. The summed E-state index contributed by atoms with van der Waals surface area (Å²) in [5, 5.41) is 4.60. The molecule has 1 fully saturated rings. The average Bonchev–Trinajstić information content (AvgIpc) is 2.70. The van der Waals surface area contributed by atoms with Crippen molar-refractivity contribution in [2.24, 2.45) is 17.6 Å². The van der Waals surface area contributed by atoms with Crippen molar-refractivity contribution in [1.82, 2.24) is 9.78 Å². The van der Waals surface area contributed by atoms with Gasteiger partial charge in [0.25, 0.3) is 0 Å². The second kappa shape index (κ2) is 7.08. The van der Waals surface area contributed by atoms with Gasteiger partial charge in [0.1, 0.15) is 0 Å². The lowest BCUT2D eigenvalue weighted by Gasteiger charge is -2.34. The summed E-state index contributed by atoms with van der Waals surface area (Å²) >= 11 is 3.71. The van der Waals surface area contributed by atoms with Crippen LogP contribution in [0.1, 0.15) is 57.3 Å². The molecule has 0 saturated heterocycles. The lowest BCUT2D eigenvalue weighted by molar-refractivity contribution is 0.218. The maximum Gasteiger partial charge on any atom is 0.0738 e. The molecule has 0 aliphatic heterocycles. The smallest absolute Gasteiger partial charge is 0.0738 e. The van der Waals surface area contributed by atoms with E-state index in [9.17, 15) is 0 Å². The third kappa shape index (κ3) is 3.45. The van der Waals surface area contributed by atoms with Crippen LogP contribution in [0.25, 0.3) is 0 Å². The van der Waals surface area contributed by atoms with Gasteiger partial charge in [0, 0.05) is 12.6 Å². The van der Waals surface area contributed by atoms with Gasteiger partial charge in [-0.15, -0.1) is 0 Å². The molecule has 20 heavy (non-hydrogen) atoms. The summed E-state index contributed by atoms with van der Waals surface area (Å²) in [7, 11) is 0. The van der Waals surface area contributed by atoms with Crippen molar-refractivity contribution in [3.8, 4) is 0 Å². The van der Waals surface area contributed by atoms with E-state index in [0.29, 0.717) is 12.0 Å². The first kappa shape index (κ1) is 16.0. The third-order valence-corrected chi connectivity index (χ3v) is 5.79. The van der Waals surface area contributed by atoms with Crippen LogP contribution in [0.5, 0.6) is 0 Å². The maximum absolute atomic E-state index is 6.39. The largest absolute Gasteiger partial charge is 0.327 e. The van der Waals surface area contributed by atoms with E-state index in [1.54, 1.807) is 0 Å². The Labute approximate surface area is 131 Å². The van der Waals surface area contributed by atoms with E-state index in [-0.39, 0.29) is 0 Å². The number of rotatable bonds is 5. The molecular weight excluding hydrogens is 314 g/mol. The van der Waals surface area contributed by atoms with Crippen molar-refractivity contribution >= 4 is 15.9 Å². The zero-order chi connectivity index (χ0) is 14.7. The Kier molecular flexibility index (Phi) is 5.67. The zero-order valence-corrected chi connectivity index (χ0v) is 14.6. The molecule has 1 aromatic heterocycles. The minimum absolute atomic E-state index is 0.357. The van der Waals surface area contributed by atoms with Gasteiger partial charge in [-0.05, 0) is 67.3 Å². The summed E-state index contributed by atoms with van der Waals surface area (Å²) in [4.78, 5) is 0. The normalized spacial score (nSPS) is 26.9. The molecule has 1 aliphatic carbocycles. The van der Waals surface area contributed by atoms with Crippen LogP contribution in [0, 0.1) is 18.8 Å². The fraction of sp³-hybridized carbons (Fsp3) is 0.812. The third-order valence-electron chi connectivity index (χ3n) is 4.76. The lowest BCUT2D eigenvalue weighted by Crippen LogP contribution is -2.37. The Morgan fingerprint density at radius 3 is 2.75 bits per heavy atom. The number of nitrogens with two attached hydrogens (primary N) is 1. The Morgan fingerprint density at radius 2 is 2.10 bits per heavy atom. The first-order valence-corrected chi connectivity index (χ1v) is 8.83. The second-order valence-electron chi connectivity index (χ2n) is 6.26. The van der Waals surface area contributed by atoms with Crippen molar-refractivity contribution in [3.63, 3.8) is 0 Å². The van der Waals surface area contributed by atoms with Crippen molar-refractivity contribution in [2.75, 3.05) is 0 Å². The number of aromatic nitrogens is 2. The molecule has 0 aromatic carbocycles. The van der Waals surface area contributed by atoms with Gasteiger partial charge < -0.3 is 5.73 Å². The van der Waals surface area contributed by atoms with Crippen LogP contribution < -0.4 is 5.73 Å². The van der Waals surface area contributed by atoms with Crippen molar-refractivity contribution in [3.05, 3.63) is 15.9 Å². The Hall–Kier alpha value is -0.350. The van der Waals surface area contributed by atoms with Crippen molar-refractivity contribution < 1.29 is 0 Å². The number of halogens is 1. The van der Waals surface area contributed by atoms with E-state index < -0.39 is 0 Å². The van der Waals surface area contributed by atoms with Crippen molar-refractivity contribution in [2.45, 2.75) is 71.9 Å². The van der Waals surface area contributed by atoms with Gasteiger partial charge in [-0.1, -0.05) is 19.8 Å². The van der Waals surface area contributed by atoms with Gasteiger partial charge in [-0.2, -0.15) is 5.10 Å². The summed E-state index contributed by atoms with van der Waals surface area (Å²) in [5.74, 6) is 1.49. The Bertz CT molecular complexity index is 441. The number of hydrogen-bond acceptors (Lipinski definition) is 2. The van der Waals surface area contributed by atoms with Gasteiger partial charge in [0.05, 0.1) is 15.9 Å². The second-order valence-corrected chi connectivity index (χ2v) is 7.05. The first-order valence-electron chi connectivity index (χ1n) is 8.04. The number of hydrogen-bond donors (Lipinski definition) is 1. The fourth-order valence-corrected chi connectivity index (χ4v) is 4.05. The van der Waals surface area contributed by atoms with Crippen LogP contribution in [-0.2, 0) is 13.0 Å². The molecule has 1 heterocycles. The van der Waals surface area contributed by atoms with Gasteiger partial charge >= 0.3 is 0 Å². The highest BCUT2D eigenvalue weighted by Crippen LogP contribution is 2.35. The van der Waals surface area contributed by atoms with Gasteiger partial charge in [-0.3, -0.25) is 4.68 Å². The first-order chi connectivity index (χ1) is 9.56. The van der Waals surface area contributed by atoms with Crippen LogP contribution in [0.15, 0.2) is 4.47 Å². The molecule has 3 unspecified atom stereocenters. The molecule has 1 saturated carbocycles. The van der Waals surface area contributed by atoms with Crippen molar-refractivity contribution in [1.29, 1.82) is 0 Å². The summed E-state index contributed by atoms with van der Waals surface area (Å²) < 4.78 is 3.32. The quantitative estimate of drug-likeness (QED) is 0.877. The summed E-state index contributed by atoms with van der Waals surface area (Å²) in [6, 6.07) is 0.357. The van der Waals surface area contributed by atoms with Gasteiger partial charge in [0.15, 0.2) is 0 Å². The predicted octanol–water partition coefficient (Wildman–Crippen LogP) is 4.06. The minimum atomic E-state index is 0.357. The fourth-order valence-electron chi connectivity index (χ4n) is 3.60. The lowest BCUT2D eigenvalue weighted by atomic mass is 9.75. The monoisotopic (exact) mass is 341 g/mol. The van der Waals surface area contributed by atoms with Gasteiger partial charge in [-0.25, -0.2) is 0 Å². The summed E-state index contributed by atoms with van der Waals surface area (Å²) in [6.07, 6.45) is 7.51. The van der Waals surface area contributed by atoms with E-state index in [2.05, 4.69) is 46.5 Å². The molecule has 0 bridgehead atoms. The molecule has 114 valence electrons. The van der Waals surface area contributed by atoms with Crippen LogP contribution in [0.4, 0.5) is 0 Å². The van der Waals surface area contributed by atoms with E-state index in [4.69, 9.17) is 5.73 Å². The molecule has 0 amide bonds. The Morgan fingerprint density at radius 1 is 1.35 bits per heavy atom. The van der Waals surface area contributed by atoms with E-state index in [0.717, 1.165) is 24.6 Å². The van der Waals surface area contributed by atoms with E-state index in [1.807, 2.05) is 0 Å². The standard InChI is InChI=1S/C16H28BrN3/c1-4-6-12-7-8-14(18)13(9-12)10-15-16(17)11(3)19-20(15)5-2/h12-14H,4-10,18H2,1-3H3. The molecule has 2 N–H and O–H groups in total. The van der Waals surface area contributed by atoms with Crippen LogP contribution >= 0.6 is 15.9 Å². The zero-order valence-electron chi connectivity index (χ0n) is 13.0. The summed E-state index contributed by atoms with van der Waals surface area (Å²) in [5.41, 5.74) is 8.82. The predicted molar refractivity (Wildman–Crippen MR) is 87.8 cm³/mol. The highest BCUT2D eigenvalue weighted by molar-refractivity contribution is 9.10. The average molecular weight is 342 g/mol.